The standard InChI is InChI=1S/C15H15NO.C11H15NO.2C2H6/c1-12-7-9-14(10-8-12)15(17)16-11-13-5-3-2-4-6-13;1-3-8-12-11(13)10-6-4-9(2)5-7-10;2*1-2/h2-10H,11H2,1H3,(H,16,17);4-7H,3,8H2,1-2H3,(H,12,13);2*1-2H3. The molecule has 34 heavy (non-hydrogen) atoms. The monoisotopic (exact) mass is 462 g/mol. The second kappa shape index (κ2) is 19.1. The molecule has 0 saturated heterocycles. The SMILES string of the molecule is CC.CC.CCCNC(=O)c1ccc(C)cc1.Cc1ccc(C(=O)NCc2ccccc2)cc1. The van der Waals surface area contributed by atoms with Crippen molar-refractivity contribution >= 4 is 11.8 Å². The van der Waals surface area contributed by atoms with Crippen LogP contribution < -0.4 is 10.6 Å². The van der Waals surface area contributed by atoms with E-state index in [0.717, 1.165) is 29.7 Å². The number of nitrogens with one attached hydrogen (secondary N) is 2. The van der Waals surface area contributed by atoms with Crippen molar-refractivity contribution in [1.82, 2.24) is 10.6 Å². The smallest absolute Gasteiger partial charge is 0.251 e. The molecule has 0 aliphatic rings. The number of hydrogen-bond acceptors (Lipinski definition) is 2. The summed E-state index contributed by atoms with van der Waals surface area (Å²) in [5, 5.41) is 5.72. The Morgan fingerprint density at radius 1 is 0.618 bits per heavy atom. The molecule has 2 N–H and O–H groups in total. The molecule has 0 saturated carbocycles. The van der Waals surface area contributed by atoms with Gasteiger partial charge >= 0.3 is 0 Å². The molecule has 0 aliphatic heterocycles. The minimum atomic E-state index is -0.0335. The second-order valence-electron chi connectivity index (χ2n) is 7.16. The van der Waals surface area contributed by atoms with Crippen LogP contribution in [0.15, 0.2) is 78.9 Å². The topological polar surface area (TPSA) is 58.2 Å². The van der Waals surface area contributed by atoms with Gasteiger partial charge in [0.15, 0.2) is 0 Å². The van der Waals surface area contributed by atoms with Crippen molar-refractivity contribution in [3.63, 3.8) is 0 Å². The van der Waals surface area contributed by atoms with Crippen LogP contribution in [0.3, 0.4) is 0 Å². The molecule has 0 unspecified atom stereocenters. The highest BCUT2D eigenvalue weighted by atomic mass is 16.2. The lowest BCUT2D eigenvalue weighted by atomic mass is 10.1. The number of rotatable bonds is 6. The minimum absolute atomic E-state index is 0.0156. The summed E-state index contributed by atoms with van der Waals surface area (Å²) in [6, 6.07) is 25.0. The molecule has 4 heteroatoms. The van der Waals surface area contributed by atoms with E-state index in [4.69, 9.17) is 0 Å². The fraction of sp³-hybridized carbons (Fsp3) is 0.333. The highest BCUT2D eigenvalue weighted by molar-refractivity contribution is 5.94. The average molecular weight is 463 g/mol. The van der Waals surface area contributed by atoms with Gasteiger partial charge in [-0.2, -0.15) is 0 Å². The van der Waals surface area contributed by atoms with Crippen LogP contribution in [0, 0.1) is 13.8 Å². The Morgan fingerprint density at radius 3 is 1.44 bits per heavy atom. The van der Waals surface area contributed by atoms with Crippen molar-refractivity contribution in [2.75, 3.05) is 6.54 Å². The largest absolute Gasteiger partial charge is 0.352 e. The molecule has 3 aromatic rings. The van der Waals surface area contributed by atoms with Gasteiger partial charge in [0.25, 0.3) is 11.8 Å². The molecule has 4 nitrogen and oxygen atoms in total. The van der Waals surface area contributed by atoms with Crippen LogP contribution >= 0.6 is 0 Å². The van der Waals surface area contributed by atoms with Gasteiger partial charge in [0.05, 0.1) is 0 Å². The van der Waals surface area contributed by atoms with Crippen molar-refractivity contribution < 1.29 is 9.59 Å². The van der Waals surface area contributed by atoms with E-state index in [2.05, 4.69) is 10.6 Å². The maximum Gasteiger partial charge on any atom is 0.251 e. The molecule has 0 radical (unpaired) electrons. The Morgan fingerprint density at radius 2 is 1.03 bits per heavy atom. The number of hydrogen-bond donors (Lipinski definition) is 2. The summed E-state index contributed by atoms with van der Waals surface area (Å²) in [5.41, 5.74) is 4.87. The Labute approximate surface area is 206 Å². The van der Waals surface area contributed by atoms with E-state index in [1.165, 1.54) is 5.56 Å². The summed E-state index contributed by atoms with van der Waals surface area (Å²) in [7, 11) is 0. The molecule has 0 atom stereocenters. The fourth-order valence-electron chi connectivity index (χ4n) is 2.63. The lowest BCUT2D eigenvalue weighted by molar-refractivity contribution is 0.0944. The zero-order valence-electron chi connectivity index (χ0n) is 21.9. The van der Waals surface area contributed by atoms with Crippen LogP contribution in [0.25, 0.3) is 0 Å². The van der Waals surface area contributed by atoms with Gasteiger partial charge in [0, 0.05) is 24.2 Å². The average Bonchev–Trinajstić information content (AvgIpc) is 2.90. The van der Waals surface area contributed by atoms with E-state index in [1.807, 2.05) is 127 Å². The molecular formula is C30H42N2O2. The molecule has 0 fully saturated rings. The van der Waals surface area contributed by atoms with E-state index >= 15 is 0 Å². The number of aryl methyl sites for hydroxylation is 2. The van der Waals surface area contributed by atoms with Crippen LogP contribution in [0.2, 0.25) is 0 Å². The van der Waals surface area contributed by atoms with Gasteiger partial charge in [0.1, 0.15) is 0 Å². The summed E-state index contributed by atoms with van der Waals surface area (Å²) < 4.78 is 0. The Kier molecular flexibility index (Phi) is 17.2. The van der Waals surface area contributed by atoms with E-state index < -0.39 is 0 Å². The van der Waals surface area contributed by atoms with E-state index in [0.29, 0.717) is 12.1 Å². The van der Waals surface area contributed by atoms with Crippen LogP contribution in [-0.2, 0) is 6.54 Å². The van der Waals surface area contributed by atoms with Gasteiger partial charge in [-0.05, 0) is 50.1 Å². The van der Waals surface area contributed by atoms with Crippen molar-refractivity contribution in [3.05, 3.63) is 107 Å². The summed E-state index contributed by atoms with van der Waals surface area (Å²) in [4.78, 5) is 23.2. The summed E-state index contributed by atoms with van der Waals surface area (Å²) >= 11 is 0. The van der Waals surface area contributed by atoms with E-state index in [1.54, 1.807) is 0 Å². The van der Waals surface area contributed by atoms with Crippen molar-refractivity contribution in [3.8, 4) is 0 Å². The molecule has 184 valence electrons. The summed E-state index contributed by atoms with van der Waals surface area (Å²) in [6.45, 7) is 15.4. The molecular weight excluding hydrogens is 420 g/mol. The van der Waals surface area contributed by atoms with Crippen LogP contribution in [0.4, 0.5) is 0 Å². The van der Waals surface area contributed by atoms with Crippen molar-refractivity contribution in [1.29, 1.82) is 0 Å². The van der Waals surface area contributed by atoms with Crippen molar-refractivity contribution in [2.24, 2.45) is 0 Å². The highest BCUT2D eigenvalue weighted by Gasteiger charge is 2.04. The lowest BCUT2D eigenvalue weighted by Crippen LogP contribution is -2.23. The molecule has 0 spiro atoms. The Hall–Kier alpha value is -3.40. The normalized spacial score (nSPS) is 9.03. The van der Waals surface area contributed by atoms with Gasteiger partial charge in [-0.25, -0.2) is 0 Å². The van der Waals surface area contributed by atoms with Gasteiger partial charge in [-0.3, -0.25) is 9.59 Å². The van der Waals surface area contributed by atoms with Gasteiger partial charge in [-0.1, -0.05) is 100 Å². The first-order chi connectivity index (χ1) is 16.5. The zero-order valence-corrected chi connectivity index (χ0v) is 21.9. The molecule has 3 rings (SSSR count). The quantitative estimate of drug-likeness (QED) is 0.410. The van der Waals surface area contributed by atoms with Crippen molar-refractivity contribution in [2.45, 2.75) is 61.4 Å². The first-order valence-corrected chi connectivity index (χ1v) is 12.2. The van der Waals surface area contributed by atoms with Gasteiger partial charge in [-0.15, -0.1) is 0 Å². The zero-order chi connectivity index (χ0) is 25.8. The number of carbonyl (C=O) groups excluding carboxylic acids is 2. The minimum Gasteiger partial charge on any atom is -0.352 e. The first-order valence-electron chi connectivity index (χ1n) is 12.2. The molecule has 0 bridgehead atoms. The summed E-state index contributed by atoms with van der Waals surface area (Å²) in [6.07, 6.45) is 0.970. The predicted octanol–water partition coefficient (Wildman–Crippen LogP) is 7.11. The molecule has 0 heterocycles. The summed E-state index contributed by atoms with van der Waals surface area (Å²) in [5.74, 6) is -0.0179. The molecule has 0 aliphatic carbocycles. The molecule has 2 amide bonds. The van der Waals surface area contributed by atoms with Crippen LogP contribution in [0.5, 0.6) is 0 Å². The van der Waals surface area contributed by atoms with E-state index in [-0.39, 0.29) is 11.8 Å². The highest BCUT2D eigenvalue weighted by Crippen LogP contribution is 2.04. The fourth-order valence-corrected chi connectivity index (χ4v) is 2.63. The lowest BCUT2D eigenvalue weighted by Gasteiger charge is -2.05. The van der Waals surface area contributed by atoms with Crippen LogP contribution in [0.1, 0.15) is 78.4 Å². The third kappa shape index (κ3) is 12.6. The second-order valence-corrected chi connectivity index (χ2v) is 7.16. The number of amides is 2. The molecule has 3 aromatic carbocycles. The Balaban J connectivity index is 0.000000574. The number of carbonyl (C=O) groups is 2. The maximum absolute atomic E-state index is 11.8. The number of benzene rings is 3. The predicted molar refractivity (Wildman–Crippen MR) is 145 cm³/mol. The Bertz CT molecular complexity index is 918. The first kappa shape index (κ1) is 30.6. The van der Waals surface area contributed by atoms with Crippen LogP contribution in [-0.4, -0.2) is 18.4 Å². The third-order valence-electron chi connectivity index (χ3n) is 4.46. The third-order valence-corrected chi connectivity index (χ3v) is 4.46. The molecule has 0 aromatic heterocycles. The van der Waals surface area contributed by atoms with E-state index in [9.17, 15) is 9.59 Å². The van der Waals surface area contributed by atoms with Gasteiger partial charge < -0.3 is 10.6 Å². The maximum atomic E-state index is 11.8. The van der Waals surface area contributed by atoms with Gasteiger partial charge in [0.2, 0.25) is 0 Å².